The van der Waals surface area contributed by atoms with Gasteiger partial charge in [0.15, 0.2) is 11.5 Å². The van der Waals surface area contributed by atoms with E-state index in [1.807, 2.05) is 6.92 Å². The minimum atomic E-state index is -0.701. The van der Waals surface area contributed by atoms with Crippen molar-refractivity contribution in [2.45, 2.75) is 25.8 Å². The number of hydrogen-bond donors (Lipinski definition) is 1. The van der Waals surface area contributed by atoms with Crippen LogP contribution < -0.4 is 14.2 Å². The van der Waals surface area contributed by atoms with Gasteiger partial charge >= 0.3 is 0 Å². The number of aliphatic hydroxyl groups is 1. The molecule has 2 aliphatic rings. The van der Waals surface area contributed by atoms with Crippen molar-refractivity contribution < 1.29 is 28.9 Å². The first-order chi connectivity index (χ1) is 14.5. The lowest BCUT2D eigenvalue weighted by Crippen LogP contribution is -2.30. The lowest BCUT2D eigenvalue weighted by Gasteiger charge is -2.25. The molecule has 1 fully saturated rings. The van der Waals surface area contributed by atoms with Crippen LogP contribution in [0.25, 0.3) is 5.76 Å². The molecule has 156 valence electrons. The van der Waals surface area contributed by atoms with Gasteiger partial charge in [0, 0.05) is 12.1 Å². The van der Waals surface area contributed by atoms with Gasteiger partial charge in [-0.1, -0.05) is 19.4 Å². The molecule has 2 aliphatic heterocycles. The predicted molar refractivity (Wildman–Crippen MR) is 109 cm³/mol. The number of carbonyl (C=O) groups excluding carboxylic acids is 2. The van der Waals surface area contributed by atoms with E-state index in [2.05, 4.69) is 0 Å². The van der Waals surface area contributed by atoms with Gasteiger partial charge in [-0.15, -0.1) is 0 Å². The molecular formula is C23H23NO6. The van der Waals surface area contributed by atoms with Crippen LogP contribution in [0, 0.1) is 0 Å². The van der Waals surface area contributed by atoms with Crippen LogP contribution >= 0.6 is 0 Å². The first-order valence-corrected chi connectivity index (χ1v) is 9.87. The SMILES string of the molecule is CCCCN1C(=O)C(=O)C(=C(O)c2ccc(OC)cc2)[C@@H]1c1ccc2c(c1)OCO2. The number of nitrogens with zero attached hydrogens (tertiary/aromatic N) is 1. The number of likely N-dealkylation sites (tertiary alicyclic amines) is 1. The van der Waals surface area contributed by atoms with E-state index < -0.39 is 17.7 Å². The highest BCUT2D eigenvalue weighted by Crippen LogP contribution is 2.43. The number of aliphatic hydroxyl groups excluding tert-OH is 1. The number of Topliss-reactive ketones (excluding diaryl/α,β-unsaturated/α-hetero) is 1. The molecule has 0 aliphatic carbocycles. The number of ketones is 1. The van der Waals surface area contributed by atoms with E-state index in [9.17, 15) is 14.7 Å². The van der Waals surface area contributed by atoms with Crippen molar-refractivity contribution in [1.82, 2.24) is 4.90 Å². The number of hydrogen-bond acceptors (Lipinski definition) is 6. The Morgan fingerprint density at radius 2 is 1.87 bits per heavy atom. The first-order valence-electron chi connectivity index (χ1n) is 9.87. The highest BCUT2D eigenvalue weighted by atomic mass is 16.7. The van der Waals surface area contributed by atoms with Crippen LogP contribution in [0.2, 0.25) is 0 Å². The Morgan fingerprint density at radius 3 is 2.57 bits per heavy atom. The van der Waals surface area contributed by atoms with Crippen LogP contribution in [0.5, 0.6) is 17.2 Å². The number of methoxy groups -OCH3 is 1. The largest absolute Gasteiger partial charge is 0.507 e. The zero-order valence-electron chi connectivity index (χ0n) is 16.9. The van der Waals surface area contributed by atoms with Gasteiger partial charge in [-0.05, 0) is 48.4 Å². The van der Waals surface area contributed by atoms with Gasteiger partial charge in [0.2, 0.25) is 6.79 Å². The Bertz CT molecular complexity index is 1010. The van der Waals surface area contributed by atoms with Gasteiger partial charge < -0.3 is 24.2 Å². The Labute approximate surface area is 174 Å². The molecule has 0 saturated carbocycles. The number of unbranched alkanes of at least 4 members (excludes halogenated alkanes) is 1. The molecule has 1 N–H and O–H groups in total. The van der Waals surface area contributed by atoms with E-state index in [1.54, 1.807) is 49.6 Å². The number of amides is 1. The first kappa shape index (κ1) is 19.8. The van der Waals surface area contributed by atoms with E-state index in [0.29, 0.717) is 34.9 Å². The Balaban J connectivity index is 1.83. The van der Waals surface area contributed by atoms with E-state index >= 15 is 0 Å². The average molecular weight is 409 g/mol. The van der Waals surface area contributed by atoms with Gasteiger partial charge in [0.25, 0.3) is 11.7 Å². The lowest BCUT2D eigenvalue weighted by molar-refractivity contribution is -0.139. The summed E-state index contributed by atoms with van der Waals surface area (Å²) in [6, 6.07) is 11.3. The highest BCUT2D eigenvalue weighted by Gasteiger charge is 2.46. The lowest BCUT2D eigenvalue weighted by atomic mass is 9.95. The van der Waals surface area contributed by atoms with Crippen molar-refractivity contribution >= 4 is 17.4 Å². The molecule has 0 aromatic heterocycles. The topological polar surface area (TPSA) is 85.3 Å². The van der Waals surface area contributed by atoms with Crippen LogP contribution in [-0.4, -0.2) is 42.1 Å². The number of rotatable bonds is 6. The van der Waals surface area contributed by atoms with Gasteiger partial charge in [0.05, 0.1) is 18.7 Å². The molecule has 4 rings (SSSR count). The summed E-state index contributed by atoms with van der Waals surface area (Å²) >= 11 is 0. The average Bonchev–Trinajstić information content (AvgIpc) is 3.34. The standard InChI is InChI=1S/C23H23NO6/c1-3-4-11-24-20(15-7-10-17-18(12-15)30-13-29-17)19(22(26)23(24)27)21(25)14-5-8-16(28-2)9-6-14/h5-10,12,20,25H,3-4,11,13H2,1-2H3/t20-/m0/s1. The monoisotopic (exact) mass is 409 g/mol. The van der Waals surface area contributed by atoms with Crippen molar-refractivity contribution in [3.05, 3.63) is 59.2 Å². The van der Waals surface area contributed by atoms with Crippen molar-refractivity contribution in [3.63, 3.8) is 0 Å². The van der Waals surface area contributed by atoms with E-state index in [0.717, 1.165) is 12.8 Å². The fourth-order valence-electron chi connectivity index (χ4n) is 3.77. The molecule has 2 heterocycles. The van der Waals surface area contributed by atoms with Gasteiger partial charge in [0.1, 0.15) is 11.5 Å². The second-order valence-electron chi connectivity index (χ2n) is 7.19. The normalized spacial score (nSPS) is 19.4. The zero-order valence-corrected chi connectivity index (χ0v) is 16.9. The summed E-state index contributed by atoms with van der Waals surface area (Å²) in [7, 11) is 1.55. The minimum Gasteiger partial charge on any atom is -0.507 e. The number of fused-ring (bicyclic) bond motifs is 1. The molecule has 0 spiro atoms. The molecule has 0 bridgehead atoms. The summed E-state index contributed by atoms with van der Waals surface area (Å²) in [6.45, 7) is 2.56. The van der Waals surface area contributed by atoms with E-state index in [-0.39, 0.29) is 18.1 Å². The molecule has 2 aromatic rings. The Hall–Kier alpha value is -3.48. The Morgan fingerprint density at radius 1 is 1.13 bits per heavy atom. The summed E-state index contributed by atoms with van der Waals surface area (Å²) in [5.74, 6) is 0.278. The predicted octanol–water partition coefficient (Wildman–Crippen LogP) is 3.65. The molecule has 1 saturated heterocycles. The second-order valence-corrected chi connectivity index (χ2v) is 7.19. The fourth-order valence-corrected chi connectivity index (χ4v) is 3.77. The molecule has 7 heteroatoms. The number of benzene rings is 2. The molecule has 0 radical (unpaired) electrons. The Kier molecular flexibility index (Phi) is 5.35. The maximum Gasteiger partial charge on any atom is 0.295 e. The fraction of sp³-hybridized carbons (Fsp3) is 0.304. The van der Waals surface area contributed by atoms with E-state index in [4.69, 9.17) is 14.2 Å². The quantitative estimate of drug-likeness (QED) is 0.445. The van der Waals surface area contributed by atoms with Gasteiger partial charge in [-0.25, -0.2) is 0 Å². The molecular weight excluding hydrogens is 386 g/mol. The summed E-state index contributed by atoms with van der Waals surface area (Å²) in [6.07, 6.45) is 1.62. The van der Waals surface area contributed by atoms with Crippen molar-refractivity contribution in [1.29, 1.82) is 0 Å². The van der Waals surface area contributed by atoms with Gasteiger partial charge in [-0.2, -0.15) is 0 Å². The molecule has 2 aromatic carbocycles. The van der Waals surface area contributed by atoms with Crippen molar-refractivity contribution in [2.24, 2.45) is 0 Å². The van der Waals surface area contributed by atoms with Crippen molar-refractivity contribution in [2.75, 3.05) is 20.4 Å². The third-order valence-electron chi connectivity index (χ3n) is 5.37. The summed E-state index contributed by atoms with van der Waals surface area (Å²) in [4.78, 5) is 27.3. The van der Waals surface area contributed by atoms with E-state index in [1.165, 1.54) is 4.90 Å². The number of carbonyl (C=O) groups is 2. The van der Waals surface area contributed by atoms with Crippen LogP contribution in [0.3, 0.4) is 0 Å². The maximum absolute atomic E-state index is 12.9. The minimum absolute atomic E-state index is 0.0696. The molecule has 7 nitrogen and oxygen atoms in total. The highest BCUT2D eigenvalue weighted by molar-refractivity contribution is 6.46. The van der Waals surface area contributed by atoms with Crippen LogP contribution in [0.15, 0.2) is 48.0 Å². The summed E-state index contributed by atoms with van der Waals surface area (Å²) in [5.41, 5.74) is 1.19. The summed E-state index contributed by atoms with van der Waals surface area (Å²) < 4.78 is 16.0. The second kappa shape index (κ2) is 8.10. The molecule has 1 amide bonds. The molecule has 1 atom stereocenters. The number of ether oxygens (including phenoxy) is 3. The van der Waals surface area contributed by atoms with Gasteiger partial charge in [-0.3, -0.25) is 9.59 Å². The third kappa shape index (κ3) is 3.36. The zero-order chi connectivity index (χ0) is 21.3. The molecule has 0 unspecified atom stereocenters. The molecule has 30 heavy (non-hydrogen) atoms. The third-order valence-corrected chi connectivity index (χ3v) is 5.37. The smallest absolute Gasteiger partial charge is 0.295 e. The van der Waals surface area contributed by atoms with Crippen LogP contribution in [0.1, 0.15) is 36.9 Å². The maximum atomic E-state index is 12.9. The van der Waals surface area contributed by atoms with Crippen LogP contribution in [-0.2, 0) is 9.59 Å². The van der Waals surface area contributed by atoms with Crippen molar-refractivity contribution in [3.8, 4) is 17.2 Å². The van der Waals surface area contributed by atoms with Crippen LogP contribution in [0.4, 0.5) is 0 Å². The summed E-state index contributed by atoms with van der Waals surface area (Å²) in [5, 5.41) is 11.0.